The van der Waals surface area contributed by atoms with E-state index >= 15 is 0 Å². The molecular formula is C21H22F3NO3S. The first-order valence-corrected chi connectivity index (χ1v) is 10.4. The highest BCUT2D eigenvalue weighted by molar-refractivity contribution is 7.89. The molecule has 0 spiro atoms. The highest BCUT2D eigenvalue weighted by Gasteiger charge is 2.54. The highest BCUT2D eigenvalue weighted by atomic mass is 32.2. The summed E-state index contributed by atoms with van der Waals surface area (Å²) in [6, 6.07) is 12.6. The van der Waals surface area contributed by atoms with Crippen molar-refractivity contribution in [1.29, 1.82) is 0 Å². The van der Waals surface area contributed by atoms with E-state index in [1.807, 2.05) is 19.8 Å². The lowest BCUT2D eigenvalue weighted by molar-refractivity contribution is -0.240. The molecule has 0 heterocycles. The van der Waals surface area contributed by atoms with Crippen LogP contribution in [0.15, 0.2) is 59.5 Å². The van der Waals surface area contributed by atoms with E-state index in [1.54, 1.807) is 18.2 Å². The molecule has 2 rings (SSSR count). The average molecular weight is 425 g/mol. The van der Waals surface area contributed by atoms with Gasteiger partial charge < -0.3 is 5.11 Å². The van der Waals surface area contributed by atoms with Crippen molar-refractivity contribution in [3.8, 4) is 11.8 Å². The summed E-state index contributed by atoms with van der Waals surface area (Å²) in [5.41, 5.74) is -3.27. The Hall–Kier alpha value is -2.34. The van der Waals surface area contributed by atoms with Crippen molar-refractivity contribution in [3.05, 3.63) is 65.7 Å². The van der Waals surface area contributed by atoms with Gasteiger partial charge in [-0.15, -0.1) is 0 Å². The van der Waals surface area contributed by atoms with Crippen LogP contribution in [0.4, 0.5) is 13.2 Å². The fraction of sp³-hybridized carbons (Fsp3) is 0.333. The van der Waals surface area contributed by atoms with Crippen LogP contribution in [0.5, 0.6) is 0 Å². The van der Waals surface area contributed by atoms with E-state index < -0.39 is 27.4 Å². The quantitative estimate of drug-likeness (QED) is 0.689. The first kappa shape index (κ1) is 22.9. The summed E-state index contributed by atoms with van der Waals surface area (Å²) < 4.78 is 67.2. The molecule has 2 aromatic rings. The van der Waals surface area contributed by atoms with E-state index in [-0.39, 0.29) is 23.8 Å². The fourth-order valence-electron chi connectivity index (χ4n) is 2.41. The average Bonchev–Trinajstić information content (AvgIpc) is 2.66. The molecule has 0 saturated carbocycles. The van der Waals surface area contributed by atoms with Crippen molar-refractivity contribution in [2.24, 2.45) is 5.92 Å². The van der Waals surface area contributed by atoms with Gasteiger partial charge in [0, 0.05) is 18.5 Å². The first-order chi connectivity index (χ1) is 13.5. The standard InChI is InChI=1S/C21H22F3NO3S/c1-16(2)7-6-14-20(26,21(22,23)24)18-12-10-17(11-13-18)15-25-29(27,28)19-8-4-3-5-9-19/h3-5,8-13,16,25-26H,7,15H2,1-2H3. The van der Waals surface area contributed by atoms with Gasteiger partial charge in [-0.3, -0.25) is 0 Å². The van der Waals surface area contributed by atoms with Crippen LogP contribution in [-0.4, -0.2) is 19.7 Å². The molecular weight excluding hydrogens is 403 g/mol. The molecule has 0 amide bonds. The number of nitrogens with one attached hydrogen (secondary N) is 1. The summed E-state index contributed by atoms with van der Waals surface area (Å²) in [7, 11) is -3.74. The van der Waals surface area contributed by atoms with Gasteiger partial charge in [-0.05, 0) is 23.6 Å². The Morgan fingerprint density at radius 2 is 1.62 bits per heavy atom. The topological polar surface area (TPSA) is 66.4 Å². The van der Waals surface area contributed by atoms with Gasteiger partial charge in [0.05, 0.1) is 4.90 Å². The Labute approximate surface area is 168 Å². The van der Waals surface area contributed by atoms with Gasteiger partial charge in [-0.1, -0.05) is 68.2 Å². The van der Waals surface area contributed by atoms with Crippen molar-refractivity contribution in [3.63, 3.8) is 0 Å². The maximum absolute atomic E-state index is 13.5. The predicted octanol–water partition coefficient (Wildman–Crippen LogP) is 3.96. The van der Waals surface area contributed by atoms with E-state index in [4.69, 9.17) is 0 Å². The van der Waals surface area contributed by atoms with Crippen LogP contribution in [0.25, 0.3) is 0 Å². The van der Waals surface area contributed by atoms with Gasteiger partial charge >= 0.3 is 6.18 Å². The highest BCUT2D eigenvalue weighted by Crippen LogP contribution is 2.38. The summed E-state index contributed by atoms with van der Waals surface area (Å²) in [6.07, 6.45) is -4.76. The zero-order valence-corrected chi connectivity index (χ0v) is 16.8. The predicted molar refractivity (Wildman–Crippen MR) is 104 cm³/mol. The summed E-state index contributed by atoms with van der Waals surface area (Å²) in [5, 5.41) is 10.2. The third-order valence-electron chi connectivity index (χ3n) is 4.08. The molecule has 1 unspecified atom stereocenters. The first-order valence-electron chi connectivity index (χ1n) is 8.89. The Kier molecular flexibility index (Phi) is 7.11. The van der Waals surface area contributed by atoms with E-state index in [0.29, 0.717) is 5.56 Å². The lowest BCUT2D eigenvalue weighted by Crippen LogP contribution is -2.41. The van der Waals surface area contributed by atoms with Gasteiger partial charge in [-0.2, -0.15) is 13.2 Å². The van der Waals surface area contributed by atoms with Crippen molar-refractivity contribution in [2.45, 2.75) is 43.5 Å². The number of halogens is 3. The Balaban J connectivity index is 2.20. The zero-order valence-electron chi connectivity index (χ0n) is 16.0. The van der Waals surface area contributed by atoms with Gasteiger partial charge in [0.2, 0.25) is 15.6 Å². The summed E-state index contributed by atoms with van der Waals surface area (Å²) >= 11 is 0. The second-order valence-corrected chi connectivity index (χ2v) is 8.71. The molecule has 0 aromatic heterocycles. The Bertz CT molecular complexity index is 976. The molecule has 4 nitrogen and oxygen atoms in total. The smallest absolute Gasteiger partial charge is 0.366 e. The maximum Gasteiger partial charge on any atom is 0.433 e. The molecule has 0 saturated heterocycles. The van der Waals surface area contributed by atoms with Crippen molar-refractivity contribution < 1.29 is 26.7 Å². The molecule has 2 aromatic carbocycles. The van der Waals surface area contributed by atoms with Crippen molar-refractivity contribution in [1.82, 2.24) is 4.72 Å². The van der Waals surface area contributed by atoms with Crippen molar-refractivity contribution in [2.75, 3.05) is 0 Å². The Morgan fingerprint density at radius 1 is 1.03 bits per heavy atom. The molecule has 0 fully saturated rings. The lowest BCUT2D eigenvalue weighted by Gasteiger charge is -2.26. The second-order valence-electron chi connectivity index (χ2n) is 6.94. The molecule has 0 radical (unpaired) electrons. The third-order valence-corrected chi connectivity index (χ3v) is 5.50. The lowest BCUT2D eigenvalue weighted by atomic mass is 9.92. The molecule has 0 aliphatic carbocycles. The van der Waals surface area contributed by atoms with Gasteiger partial charge in [-0.25, -0.2) is 13.1 Å². The number of benzene rings is 2. The molecule has 8 heteroatoms. The van der Waals surface area contributed by atoms with Gasteiger partial charge in [0.25, 0.3) is 0 Å². The van der Waals surface area contributed by atoms with Crippen LogP contribution in [0.2, 0.25) is 0 Å². The second kappa shape index (κ2) is 8.99. The van der Waals surface area contributed by atoms with E-state index in [1.165, 1.54) is 24.3 Å². The minimum Gasteiger partial charge on any atom is -0.366 e. The summed E-state index contributed by atoms with van der Waals surface area (Å²) in [6.45, 7) is 3.51. The van der Waals surface area contributed by atoms with E-state index in [0.717, 1.165) is 12.1 Å². The molecule has 1 atom stereocenters. The zero-order chi connectivity index (χ0) is 21.7. The minimum atomic E-state index is -4.98. The number of hydrogen-bond donors (Lipinski definition) is 2. The molecule has 0 aliphatic heterocycles. The van der Waals surface area contributed by atoms with Gasteiger partial charge in [0.15, 0.2) is 0 Å². The number of sulfonamides is 1. The molecule has 2 N–H and O–H groups in total. The fourth-order valence-corrected chi connectivity index (χ4v) is 3.45. The normalized spacial score (nSPS) is 14.2. The van der Waals surface area contributed by atoms with E-state index in [9.17, 15) is 26.7 Å². The largest absolute Gasteiger partial charge is 0.433 e. The van der Waals surface area contributed by atoms with Crippen LogP contribution in [0.3, 0.4) is 0 Å². The van der Waals surface area contributed by atoms with Crippen LogP contribution < -0.4 is 4.72 Å². The minimum absolute atomic E-state index is 0.0694. The molecule has 156 valence electrons. The van der Waals surface area contributed by atoms with E-state index in [2.05, 4.69) is 10.6 Å². The summed E-state index contributed by atoms with van der Waals surface area (Å²) in [4.78, 5) is 0.0866. The van der Waals surface area contributed by atoms with Gasteiger partial charge in [0.1, 0.15) is 0 Å². The molecule has 0 bridgehead atoms. The number of rotatable bonds is 6. The van der Waals surface area contributed by atoms with Crippen LogP contribution >= 0.6 is 0 Å². The monoisotopic (exact) mass is 425 g/mol. The van der Waals surface area contributed by atoms with Crippen LogP contribution in [-0.2, 0) is 22.2 Å². The SMILES string of the molecule is CC(C)CC#CC(O)(c1ccc(CNS(=O)(=O)c2ccccc2)cc1)C(F)(F)F. The van der Waals surface area contributed by atoms with Crippen molar-refractivity contribution >= 4 is 10.0 Å². The van der Waals surface area contributed by atoms with Crippen LogP contribution in [0.1, 0.15) is 31.4 Å². The summed E-state index contributed by atoms with van der Waals surface area (Å²) in [5.74, 6) is 4.42. The third kappa shape index (κ3) is 5.82. The number of hydrogen-bond acceptors (Lipinski definition) is 3. The number of alkyl halides is 3. The molecule has 0 aliphatic rings. The Morgan fingerprint density at radius 3 is 2.14 bits per heavy atom. The number of aliphatic hydroxyl groups is 1. The maximum atomic E-state index is 13.5. The molecule has 29 heavy (non-hydrogen) atoms. The van der Waals surface area contributed by atoms with Crippen LogP contribution in [0, 0.1) is 17.8 Å².